The fourth-order valence-electron chi connectivity index (χ4n) is 1.85. The Morgan fingerprint density at radius 1 is 1.35 bits per heavy atom. The molecule has 3 aromatic rings. The minimum atomic E-state index is 0.513. The number of halogens is 1. The van der Waals surface area contributed by atoms with Gasteiger partial charge in [-0.3, -0.25) is 0 Å². The molecule has 0 amide bonds. The number of rotatable bonds is 2. The van der Waals surface area contributed by atoms with Crippen LogP contribution in [0.2, 0.25) is 0 Å². The van der Waals surface area contributed by atoms with E-state index in [1.165, 1.54) is 0 Å². The van der Waals surface area contributed by atoms with Crippen molar-refractivity contribution in [3.63, 3.8) is 0 Å². The third-order valence-corrected chi connectivity index (χ3v) is 3.15. The lowest BCUT2D eigenvalue weighted by molar-refractivity contribution is 0.562. The summed E-state index contributed by atoms with van der Waals surface area (Å²) in [4.78, 5) is 4.32. The zero-order chi connectivity index (χ0) is 11.8. The van der Waals surface area contributed by atoms with E-state index in [1.54, 1.807) is 12.5 Å². The van der Waals surface area contributed by atoms with Gasteiger partial charge in [0.2, 0.25) is 5.95 Å². The normalized spacial score (nSPS) is 11.1. The fourth-order valence-corrected chi connectivity index (χ4v) is 2.19. The van der Waals surface area contributed by atoms with Crippen LogP contribution in [0.3, 0.4) is 0 Å². The van der Waals surface area contributed by atoms with Crippen LogP contribution in [0.4, 0.5) is 5.95 Å². The molecule has 0 unspecified atom stereocenters. The van der Waals surface area contributed by atoms with Gasteiger partial charge in [0.1, 0.15) is 0 Å². The van der Waals surface area contributed by atoms with E-state index in [0.717, 1.165) is 21.1 Å². The lowest BCUT2D eigenvalue weighted by atomic mass is 10.3. The second kappa shape index (κ2) is 3.92. The SMILES string of the molecule is Nc1nc2ccc(Br)cc2n1Cc1ccoc1. The monoisotopic (exact) mass is 291 g/mol. The molecule has 4 nitrogen and oxygen atoms in total. The standard InChI is InChI=1S/C12H10BrN3O/c13-9-1-2-10-11(5-9)16(12(14)15-10)6-8-3-4-17-7-8/h1-5,7H,6H2,(H2,14,15). The third-order valence-electron chi connectivity index (χ3n) is 2.66. The molecule has 0 spiro atoms. The number of furan rings is 1. The Balaban J connectivity index is 2.14. The molecule has 0 aliphatic rings. The number of anilines is 1. The number of nitrogen functional groups attached to an aromatic ring is 1. The van der Waals surface area contributed by atoms with Crippen LogP contribution in [-0.4, -0.2) is 9.55 Å². The summed E-state index contributed by atoms with van der Waals surface area (Å²) in [6, 6.07) is 7.83. The molecule has 0 bridgehead atoms. The summed E-state index contributed by atoms with van der Waals surface area (Å²) in [6.07, 6.45) is 3.36. The molecule has 0 radical (unpaired) electrons. The van der Waals surface area contributed by atoms with Gasteiger partial charge in [0.25, 0.3) is 0 Å². The van der Waals surface area contributed by atoms with Crippen LogP contribution in [0.1, 0.15) is 5.56 Å². The molecule has 86 valence electrons. The Morgan fingerprint density at radius 2 is 2.24 bits per heavy atom. The van der Waals surface area contributed by atoms with Crippen molar-refractivity contribution in [2.75, 3.05) is 5.73 Å². The molecule has 0 aliphatic carbocycles. The Labute approximate surface area is 106 Å². The zero-order valence-electron chi connectivity index (χ0n) is 8.93. The largest absolute Gasteiger partial charge is 0.472 e. The number of imidazole rings is 1. The van der Waals surface area contributed by atoms with Gasteiger partial charge in [0.15, 0.2) is 0 Å². The van der Waals surface area contributed by atoms with Gasteiger partial charge in [0.05, 0.1) is 30.1 Å². The lowest BCUT2D eigenvalue weighted by Gasteiger charge is -2.04. The predicted molar refractivity (Wildman–Crippen MR) is 69.7 cm³/mol. The molecule has 0 aliphatic heterocycles. The quantitative estimate of drug-likeness (QED) is 0.790. The van der Waals surface area contributed by atoms with Crippen LogP contribution in [0.25, 0.3) is 11.0 Å². The van der Waals surface area contributed by atoms with Crippen molar-refractivity contribution in [2.24, 2.45) is 0 Å². The molecule has 2 N–H and O–H groups in total. The summed E-state index contributed by atoms with van der Waals surface area (Å²) in [6.45, 7) is 0.662. The smallest absolute Gasteiger partial charge is 0.201 e. The first-order valence-corrected chi connectivity index (χ1v) is 5.95. The average Bonchev–Trinajstić information content (AvgIpc) is 2.90. The highest BCUT2D eigenvalue weighted by molar-refractivity contribution is 9.10. The second-order valence-electron chi connectivity index (χ2n) is 3.82. The van der Waals surface area contributed by atoms with E-state index in [2.05, 4.69) is 20.9 Å². The zero-order valence-corrected chi connectivity index (χ0v) is 10.5. The van der Waals surface area contributed by atoms with Gasteiger partial charge in [-0.05, 0) is 24.3 Å². The summed E-state index contributed by atoms with van der Waals surface area (Å²) < 4.78 is 8.03. The van der Waals surface area contributed by atoms with Crippen LogP contribution in [0.5, 0.6) is 0 Å². The average molecular weight is 292 g/mol. The molecule has 5 heteroatoms. The first kappa shape index (κ1) is 10.4. The van der Waals surface area contributed by atoms with Crippen LogP contribution in [0, 0.1) is 0 Å². The highest BCUT2D eigenvalue weighted by atomic mass is 79.9. The molecule has 17 heavy (non-hydrogen) atoms. The Kier molecular flexibility index (Phi) is 2.40. The van der Waals surface area contributed by atoms with Crippen LogP contribution in [-0.2, 0) is 6.54 Å². The minimum Gasteiger partial charge on any atom is -0.472 e. The molecule has 1 aromatic carbocycles. The van der Waals surface area contributed by atoms with E-state index < -0.39 is 0 Å². The number of aromatic nitrogens is 2. The predicted octanol–water partition coefficient (Wildman–Crippen LogP) is 3.02. The van der Waals surface area contributed by atoms with E-state index in [1.807, 2.05) is 28.8 Å². The van der Waals surface area contributed by atoms with Gasteiger partial charge in [-0.25, -0.2) is 4.98 Å². The fraction of sp³-hybridized carbons (Fsp3) is 0.0833. The van der Waals surface area contributed by atoms with Crippen LogP contribution >= 0.6 is 15.9 Å². The Hall–Kier alpha value is -1.75. The third kappa shape index (κ3) is 1.82. The van der Waals surface area contributed by atoms with Gasteiger partial charge in [0, 0.05) is 10.0 Å². The number of hydrogen-bond acceptors (Lipinski definition) is 3. The molecular formula is C12H10BrN3O. The summed E-state index contributed by atoms with van der Waals surface area (Å²) in [5.74, 6) is 0.513. The van der Waals surface area contributed by atoms with Crippen molar-refractivity contribution in [3.8, 4) is 0 Å². The van der Waals surface area contributed by atoms with Gasteiger partial charge in [-0.1, -0.05) is 15.9 Å². The van der Waals surface area contributed by atoms with Crippen molar-refractivity contribution in [1.29, 1.82) is 0 Å². The van der Waals surface area contributed by atoms with E-state index in [9.17, 15) is 0 Å². The van der Waals surface area contributed by atoms with Crippen molar-refractivity contribution >= 4 is 32.9 Å². The molecule has 0 fully saturated rings. The first-order valence-electron chi connectivity index (χ1n) is 5.16. The molecule has 0 saturated carbocycles. The van der Waals surface area contributed by atoms with Gasteiger partial charge in [-0.15, -0.1) is 0 Å². The van der Waals surface area contributed by atoms with Crippen molar-refractivity contribution in [1.82, 2.24) is 9.55 Å². The summed E-state index contributed by atoms with van der Waals surface area (Å²) in [5.41, 5.74) is 8.90. The van der Waals surface area contributed by atoms with E-state index in [0.29, 0.717) is 12.5 Å². The van der Waals surface area contributed by atoms with Crippen LogP contribution < -0.4 is 5.73 Å². The number of benzene rings is 1. The molecule has 0 saturated heterocycles. The number of nitrogens with two attached hydrogens (primary N) is 1. The second-order valence-corrected chi connectivity index (χ2v) is 4.74. The summed E-state index contributed by atoms with van der Waals surface area (Å²) in [5, 5.41) is 0. The number of fused-ring (bicyclic) bond motifs is 1. The van der Waals surface area contributed by atoms with Crippen molar-refractivity contribution < 1.29 is 4.42 Å². The number of nitrogens with zero attached hydrogens (tertiary/aromatic N) is 2. The van der Waals surface area contributed by atoms with E-state index in [-0.39, 0.29) is 0 Å². The number of hydrogen-bond donors (Lipinski definition) is 1. The molecule has 3 rings (SSSR count). The van der Waals surface area contributed by atoms with E-state index in [4.69, 9.17) is 10.2 Å². The summed E-state index contributed by atoms with van der Waals surface area (Å²) in [7, 11) is 0. The van der Waals surface area contributed by atoms with Crippen molar-refractivity contribution in [2.45, 2.75) is 6.54 Å². The molecule has 2 heterocycles. The van der Waals surface area contributed by atoms with E-state index >= 15 is 0 Å². The maximum absolute atomic E-state index is 5.93. The molecular weight excluding hydrogens is 282 g/mol. The maximum Gasteiger partial charge on any atom is 0.201 e. The van der Waals surface area contributed by atoms with Gasteiger partial charge < -0.3 is 14.7 Å². The lowest BCUT2D eigenvalue weighted by Crippen LogP contribution is -2.03. The minimum absolute atomic E-state index is 0.513. The summed E-state index contributed by atoms with van der Waals surface area (Å²) >= 11 is 3.45. The van der Waals surface area contributed by atoms with Crippen molar-refractivity contribution in [3.05, 3.63) is 46.8 Å². The van der Waals surface area contributed by atoms with Gasteiger partial charge in [-0.2, -0.15) is 0 Å². The highest BCUT2D eigenvalue weighted by Crippen LogP contribution is 2.23. The maximum atomic E-state index is 5.93. The van der Waals surface area contributed by atoms with Crippen LogP contribution in [0.15, 0.2) is 45.7 Å². The molecule has 0 atom stereocenters. The topological polar surface area (TPSA) is 57.0 Å². The Bertz CT molecular complexity index is 658. The Morgan fingerprint density at radius 3 is 3.00 bits per heavy atom. The first-order chi connectivity index (χ1) is 8.24. The van der Waals surface area contributed by atoms with Gasteiger partial charge >= 0.3 is 0 Å². The highest BCUT2D eigenvalue weighted by Gasteiger charge is 2.09. The molecule has 2 aromatic heterocycles.